The van der Waals surface area contributed by atoms with Crippen molar-refractivity contribution in [2.75, 3.05) is 25.5 Å². The molecule has 1 saturated heterocycles. The van der Waals surface area contributed by atoms with E-state index in [2.05, 4.69) is 10.6 Å². The fraction of sp³-hybridized carbons (Fsp3) is 0.533. The number of hydrogen-bond donors (Lipinski definition) is 3. The number of phenols is 1. The molecule has 1 aliphatic rings. The second kappa shape index (κ2) is 7.14. The van der Waals surface area contributed by atoms with E-state index in [4.69, 9.17) is 4.74 Å². The molecule has 0 unspecified atom stereocenters. The van der Waals surface area contributed by atoms with E-state index in [1.165, 1.54) is 13.2 Å². The molecule has 1 aliphatic heterocycles. The monoisotopic (exact) mass is 278 g/mol. The lowest BCUT2D eigenvalue weighted by molar-refractivity contribution is -0.116. The maximum absolute atomic E-state index is 11.9. The highest BCUT2D eigenvalue weighted by atomic mass is 16.5. The van der Waals surface area contributed by atoms with Gasteiger partial charge >= 0.3 is 0 Å². The smallest absolute Gasteiger partial charge is 0.224 e. The summed E-state index contributed by atoms with van der Waals surface area (Å²) < 4.78 is 4.96. The Balaban J connectivity index is 1.80. The third-order valence-electron chi connectivity index (χ3n) is 3.70. The minimum atomic E-state index is -0.00639. The number of aromatic hydroxyl groups is 1. The quantitative estimate of drug-likeness (QED) is 0.771. The van der Waals surface area contributed by atoms with E-state index in [0.29, 0.717) is 23.8 Å². The number of benzene rings is 1. The van der Waals surface area contributed by atoms with Gasteiger partial charge in [0.2, 0.25) is 5.91 Å². The van der Waals surface area contributed by atoms with Crippen LogP contribution in [0.3, 0.4) is 0 Å². The molecule has 0 aromatic heterocycles. The highest BCUT2D eigenvalue weighted by Gasteiger charge is 2.14. The molecule has 1 fully saturated rings. The normalized spacial score (nSPS) is 15.8. The van der Waals surface area contributed by atoms with E-state index in [-0.39, 0.29) is 11.7 Å². The molecule has 1 heterocycles. The zero-order chi connectivity index (χ0) is 14.4. The van der Waals surface area contributed by atoms with Crippen LogP contribution in [0.4, 0.5) is 5.69 Å². The highest BCUT2D eigenvalue weighted by molar-refractivity contribution is 5.91. The molecule has 0 radical (unpaired) electrons. The van der Waals surface area contributed by atoms with E-state index in [0.717, 1.165) is 32.4 Å². The minimum absolute atomic E-state index is 0.00639. The van der Waals surface area contributed by atoms with Crippen molar-refractivity contribution in [3.63, 3.8) is 0 Å². The molecule has 0 atom stereocenters. The van der Waals surface area contributed by atoms with Crippen LogP contribution in [0.5, 0.6) is 11.5 Å². The van der Waals surface area contributed by atoms with Crippen molar-refractivity contribution < 1.29 is 14.6 Å². The van der Waals surface area contributed by atoms with Crippen LogP contribution in [0.15, 0.2) is 18.2 Å². The van der Waals surface area contributed by atoms with Gasteiger partial charge in [0.25, 0.3) is 0 Å². The summed E-state index contributed by atoms with van der Waals surface area (Å²) in [7, 11) is 1.49. The summed E-state index contributed by atoms with van der Waals surface area (Å²) in [6.07, 6.45) is 3.75. The standard InChI is InChI=1S/C15H22N2O3/c1-20-14-4-3-12(10-13(14)18)17-15(19)5-2-11-6-8-16-9-7-11/h3-4,10-11,16,18H,2,5-9H2,1H3,(H,17,19). The number of phenolic OH excluding ortho intramolecular Hbond substituents is 1. The lowest BCUT2D eigenvalue weighted by atomic mass is 9.93. The second-order valence-corrected chi connectivity index (χ2v) is 5.17. The predicted octanol–water partition coefficient (Wildman–Crippen LogP) is 2.12. The Morgan fingerprint density at radius 3 is 2.85 bits per heavy atom. The molecule has 1 aromatic rings. The molecule has 0 saturated carbocycles. The third-order valence-corrected chi connectivity index (χ3v) is 3.70. The van der Waals surface area contributed by atoms with Crippen LogP contribution >= 0.6 is 0 Å². The summed E-state index contributed by atoms with van der Waals surface area (Å²) in [5.74, 6) is 1.07. The molecule has 2 rings (SSSR count). The van der Waals surface area contributed by atoms with Crippen molar-refractivity contribution in [3.8, 4) is 11.5 Å². The number of nitrogens with one attached hydrogen (secondary N) is 2. The lowest BCUT2D eigenvalue weighted by Crippen LogP contribution is -2.28. The van der Waals surface area contributed by atoms with Crippen LogP contribution in [0.2, 0.25) is 0 Å². The fourth-order valence-electron chi connectivity index (χ4n) is 2.50. The molecule has 0 bridgehead atoms. The molecule has 5 nitrogen and oxygen atoms in total. The Morgan fingerprint density at radius 2 is 2.20 bits per heavy atom. The minimum Gasteiger partial charge on any atom is -0.504 e. The number of ether oxygens (including phenoxy) is 1. The molecular formula is C15H22N2O3. The van der Waals surface area contributed by atoms with Crippen LogP contribution in [-0.2, 0) is 4.79 Å². The van der Waals surface area contributed by atoms with Gasteiger partial charge in [-0.25, -0.2) is 0 Å². The van der Waals surface area contributed by atoms with Crippen LogP contribution < -0.4 is 15.4 Å². The van der Waals surface area contributed by atoms with Crippen molar-refractivity contribution in [2.45, 2.75) is 25.7 Å². The first-order chi connectivity index (χ1) is 9.69. The van der Waals surface area contributed by atoms with Crippen molar-refractivity contribution in [2.24, 2.45) is 5.92 Å². The Hall–Kier alpha value is -1.75. The highest BCUT2D eigenvalue weighted by Crippen LogP contribution is 2.28. The summed E-state index contributed by atoms with van der Waals surface area (Å²) in [6.45, 7) is 2.11. The van der Waals surface area contributed by atoms with Crippen LogP contribution in [0.25, 0.3) is 0 Å². The van der Waals surface area contributed by atoms with Crippen LogP contribution in [0, 0.1) is 5.92 Å². The molecule has 110 valence electrons. The van der Waals surface area contributed by atoms with Crippen molar-refractivity contribution in [1.29, 1.82) is 0 Å². The Kier molecular flexibility index (Phi) is 5.24. The van der Waals surface area contributed by atoms with E-state index < -0.39 is 0 Å². The first kappa shape index (κ1) is 14.7. The molecule has 20 heavy (non-hydrogen) atoms. The van der Waals surface area contributed by atoms with E-state index in [9.17, 15) is 9.90 Å². The van der Waals surface area contributed by atoms with Crippen LogP contribution in [0.1, 0.15) is 25.7 Å². The predicted molar refractivity (Wildman–Crippen MR) is 78.1 cm³/mol. The fourth-order valence-corrected chi connectivity index (χ4v) is 2.50. The van der Waals surface area contributed by atoms with Crippen LogP contribution in [-0.4, -0.2) is 31.2 Å². The van der Waals surface area contributed by atoms with Crippen molar-refractivity contribution >= 4 is 11.6 Å². The number of carbonyl (C=O) groups is 1. The molecule has 0 spiro atoms. The van der Waals surface area contributed by atoms with E-state index in [1.54, 1.807) is 12.1 Å². The number of rotatable bonds is 5. The van der Waals surface area contributed by atoms with Gasteiger partial charge in [-0.3, -0.25) is 4.79 Å². The first-order valence-electron chi connectivity index (χ1n) is 7.06. The maximum Gasteiger partial charge on any atom is 0.224 e. The summed E-state index contributed by atoms with van der Waals surface area (Å²) >= 11 is 0. The van der Waals surface area contributed by atoms with Gasteiger partial charge in [0.15, 0.2) is 11.5 Å². The summed E-state index contributed by atoms with van der Waals surface area (Å²) in [5, 5.41) is 15.8. The summed E-state index contributed by atoms with van der Waals surface area (Å²) in [6, 6.07) is 4.86. The largest absolute Gasteiger partial charge is 0.504 e. The number of methoxy groups -OCH3 is 1. The molecule has 3 N–H and O–H groups in total. The van der Waals surface area contributed by atoms with Gasteiger partial charge < -0.3 is 20.5 Å². The number of amides is 1. The molecule has 5 heteroatoms. The van der Waals surface area contributed by atoms with Gasteiger partial charge in [-0.05, 0) is 50.4 Å². The number of anilines is 1. The van der Waals surface area contributed by atoms with Gasteiger partial charge in [-0.15, -0.1) is 0 Å². The van der Waals surface area contributed by atoms with E-state index in [1.807, 2.05) is 0 Å². The number of piperidine rings is 1. The van der Waals surface area contributed by atoms with Crippen molar-refractivity contribution in [3.05, 3.63) is 18.2 Å². The second-order valence-electron chi connectivity index (χ2n) is 5.17. The Labute approximate surface area is 119 Å². The molecule has 1 aromatic carbocycles. The number of hydrogen-bond acceptors (Lipinski definition) is 4. The average molecular weight is 278 g/mol. The zero-order valence-corrected chi connectivity index (χ0v) is 11.8. The lowest BCUT2D eigenvalue weighted by Gasteiger charge is -2.22. The number of carbonyl (C=O) groups excluding carboxylic acids is 1. The van der Waals surface area contributed by atoms with Gasteiger partial charge in [-0.1, -0.05) is 0 Å². The summed E-state index contributed by atoms with van der Waals surface area (Å²) in [4.78, 5) is 11.9. The maximum atomic E-state index is 11.9. The average Bonchev–Trinajstić information content (AvgIpc) is 2.46. The van der Waals surface area contributed by atoms with Gasteiger partial charge in [0.05, 0.1) is 7.11 Å². The SMILES string of the molecule is COc1ccc(NC(=O)CCC2CCNCC2)cc1O. The molecule has 1 amide bonds. The zero-order valence-electron chi connectivity index (χ0n) is 11.8. The van der Waals surface area contributed by atoms with Gasteiger partial charge in [0.1, 0.15) is 0 Å². The topological polar surface area (TPSA) is 70.6 Å². The Morgan fingerprint density at radius 1 is 1.45 bits per heavy atom. The van der Waals surface area contributed by atoms with Gasteiger partial charge in [0, 0.05) is 18.2 Å². The van der Waals surface area contributed by atoms with Crippen molar-refractivity contribution in [1.82, 2.24) is 5.32 Å². The summed E-state index contributed by atoms with van der Waals surface area (Å²) in [5.41, 5.74) is 0.596. The first-order valence-corrected chi connectivity index (χ1v) is 7.06. The van der Waals surface area contributed by atoms with Gasteiger partial charge in [-0.2, -0.15) is 0 Å². The third kappa shape index (κ3) is 4.13. The Bertz CT molecular complexity index is 456. The molecule has 0 aliphatic carbocycles. The molecular weight excluding hydrogens is 256 g/mol. The van der Waals surface area contributed by atoms with E-state index >= 15 is 0 Å².